The van der Waals surface area contributed by atoms with E-state index in [-0.39, 0.29) is 11.9 Å². The number of anilines is 1. The normalized spacial score (nSPS) is 16.5. The van der Waals surface area contributed by atoms with Crippen LogP contribution in [0.2, 0.25) is 0 Å². The molecule has 6 nitrogen and oxygen atoms in total. The summed E-state index contributed by atoms with van der Waals surface area (Å²) < 4.78 is 0. The minimum absolute atomic E-state index is 0.0972. The van der Waals surface area contributed by atoms with E-state index in [0.29, 0.717) is 36.9 Å². The highest BCUT2D eigenvalue weighted by atomic mass is 16.2. The number of benzene rings is 2. The van der Waals surface area contributed by atoms with Crippen molar-refractivity contribution in [1.82, 2.24) is 15.5 Å². The molecule has 1 atom stereocenters. The first kappa shape index (κ1) is 19.9. The molecule has 0 saturated carbocycles. The van der Waals surface area contributed by atoms with E-state index in [1.807, 2.05) is 35.2 Å². The van der Waals surface area contributed by atoms with Gasteiger partial charge in [0.15, 0.2) is 0 Å². The van der Waals surface area contributed by atoms with Crippen LogP contribution < -0.4 is 16.0 Å². The van der Waals surface area contributed by atoms with E-state index < -0.39 is 0 Å². The van der Waals surface area contributed by atoms with E-state index in [1.54, 1.807) is 24.3 Å². The fourth-order valence-electron chi connectivity index (χ4n) is 3.26. The molecule has 3 amide bonds. The van der Waals surface area contributed by atoms with Crippen LogP contribution in [-0.2, 0) is 6.42 Å². The molecule has 2 aromatic carbocycles. The highest BCUT2D eigenvalue weighted by molar-refractivity contribution is 5.95. The van der Waals surface area contributed by atoms with Crippen molar-refractivity contribution in [2.75, 3.05) is 31.5 Å². The Morgan fingerprint density at radius 3 is 2.57 bits per heavy atom. The lowest BCUT2D eigenvalue weighted by molar-refractivity contribution is 0.0954. The van der Waals surface area contributed by atoms with Gasteiger partial charge in [-0.05, 0) is 42.7 Å². The van der Waals surface area contributed by atoms with Gasteiger partial charge in [-0.3, -0.25) is 4.79 Å². The Hall–Kier alpha value is -2.86. The van der Waals surface area contributed by atoms with Gasteiger partial charge < -0.3 is 20.9 Å². The van der Waals surface area contributed by atoms with E-state index in [1.165, 1.54) is 5.56 Å². The second-order valence-corrected chi connectivity index (χ2v) is 7.00. The number of urea groups is 1. The monoisotopic (exact) mass is 380 g/mol. The van der Waals surface area contributed by atoms with Crippen LogP contribution in [0.25, 0.3) is 0 Å². The van der Waals surface area contributed by atoms with Gasteiger partial charge in [0.2, 0.25) is 0 Å². The average Bonchev–Trinajstić information content (AvgIpc) is 2.75. The van der Waals surface area contributed by atoms with Gasteiger partial charge in [-0.2, -0.15) is 0 Å². The van der Waals surface area contributed by atoms with E-state index in [4.69, 9.17) is 0 Å². The Morgan fingerprint density at radius 2 is 1.86 bits per heavy atom. The molecule has 1 aliphatic heterocycles. The van der Waals surface area contributed by atoms with Gasteiger partial charge in [0.1, 0.15) is 0 Å². The van der Waals surface area contributed by atoms with E-state index in [0.717, 1.165) is 19.4 Å². The Kier molecular flexibility index (Phi) is 7.03. The van der Waals surface area contributed by atoms with Crippen molar-refractivity contribution in [2.45, 2.75) is 25.8 Å². The van der Waals surface area contributed by atoms with Crippen molar-refractivity contribution < 1.29 is 9.59 Å². The van der Waals surface area contributed by atoms with Gasteiger partial charge in [0.25, 0.3) is 5.91 Å². The molecule has 3 N–H and O–H groups in total. The molecule has 0 aromatic heterocycles. The van der Waals surface area contributed by atoms with Gasteiger partial charge in [0, 0.05) is 43.5 Å². The molecule has 0 radical (unpaired) electrons. The Labute approximate surface area is 166 Å². The van der Waals surface area contributed by atoms with E-state index in [2.05, 4.69) is 22.9 Å². The summed E-state index contributed by atoms with van der Waals surface area (Å²) in [5, 5.41) is 9.24. The molecule has 0 aliphatic carbocycles. The van der Waals surface area contributed by atoms with Crippen LogP contribution in [0.5, 0.6) is 0 Å². The number of hydrogen-bond donors (Lipinski definition) is 3. The zero-order valence-electron chi connectivity index (χ0n) is 16.3. The lowest BCUT2D eigenvalue weighted by Crippen LogP contribution is -2.53. The Balaban J connectivity index is 1.47. The van der Waals surface area contributed by atoms with Gasteiger partial charge in [0.05, 0.1) is 0 Å². The van der Waals surface area contributed by atoms with Crippen LogP contribution in [0.3, 0.4) is 0 Å². The SMILES string of the molecule is CC[C@H]1CN(C(=O)Nc2ccc(C(=O)NCCc3ccccc3)cc2)CCN1. The largest absolute Gasteiger partial charge is 0.352 e. The van der Waals surface area contributed by atoms with Crippen LogP contribution in [0, 0.1) is 0 Å². The first-order valence-electron chi connectivity index (χ1n) is 9.87. The second-order valence-electron chi connectivity index (χ2n) is 7.00. The molecule has 0 unspecified atom stereocenters. The average molecular weight is 380 g/mol. The maximum Gasteiger partial charge on any atom is 0.321 e. The van der Waals surface area contributed by atoms with Crippen LogP contribution in [-0.4, -0.2) is 49.1 Å². The Bertz CT molecular complexity index is 777. The van der Waals surface area contributed by atoms with Gasteiger partial charge >= 0.3 is 6.03 Å². The zero-order chi connectivity index (χ0) is 19.8. The van der Waals surface area contributed by atoms with Crippen LogP contribution in [0.1, 0.15) is 29.3 Å². The first-order chi connectivity index (χ1) is 13.7. The third kappa shape index (κ3) is 5.57. The summed E-state index contributed by atoms with van der Waals surface area (Å²) >= 11 is 0. The molecule has 6 heteroatoms. The summed E-state index contributed by atoms with van der Waals surface area (Å²) in [4.78, 5) is 26.5. The molecule has 3 rings (SSSR count). The highest BCUT2D eigenvalue weighted by Gasteiger charge is 2.22. The minimum Gasteiger partial charge on any atom is -0.352 e. The lowest BCUT2D eigenvalue weighted by atomic mass is 10.1. The fourth-order valence-corrected chi connectivity index (χ4v) is 3.26. The van der Waals surface area contributed by atoms with Crippen molar-refractivity contribution >= 4 is 17.6 Å². The zero-order valence-corrected chi connectivity index (χ0v) is 16.3. The maximum absolute atomic E-state index is 12.4. The first-order valence-corrected chi connectivity index (χ1v) is 9.87. The lowest BCUT2D eigenvalue weighted by Gasteiger charge is -2.33. The summed E-state index contributed by atoms with van der Waals surface area (Å²) in [5.74, 6) is -0.110. The number of carbonyl (C=O) groups is 2. The topological polar surface area (TPSA) is 73.5 Å². The summed E-state index contributed by atoms with van der Waals surface area (Å²) in [6.07, 6.45) is 1.79. The molecule has 1 heterocycles. The molecule has 0 bridgehead atoms. The second kappa shape index (κ2) is 9.90. The van der Waals surface area contributed by atoms with Crippen molar-refractivity contribution in [2.24, 2.45) is 0 Å². The predicted molar refractivity (Wildman–Crippen MR) is 112 cm³/mol. The van der Waals surface area contributed by atoms with Crippen LogP contribution >= 0.6 is 0 Å². The molecule has 2 aromatic rings. The van der Waals surface area contributed by atoms with Gasteiger partial charge in [-0.25, -0.2) is 4.79 Å². The third-order valence-electron chi connectivity index (χ3n) is 4.98. The molecule has 0 spiro atoms. The molecule has 1 aliphatic rings. The summed E-state index contributed by atoms with van der Waals surface area (Å²) in [5.41, 5.74) is 2.47. The number of carbonyl (C=O) groups excluding carboxylic acids is 2. The standard InChI is InChI=1S/C22H28N4O2/c1-2-19-16-26(15-14-23-19)22(28)25-20-10-8-18(9-11-20)21(27)24-13-12-17-6-4-3-5-7-17/h3-11,19,23H,2,12-16H2,1H3,(H,24,27)(H,25,28)/t19-/m0/s1. The molecular formula is C22H28N4O2. The number of nitrogens with zero attached hydrogens (tertiary/aromatic N) is 1. The molecule has 28 heavy (non-hydrogen) atoms. The number of nitrogens with one attached hydrogen (secondary N) is 3. The summed E-state index contributed by atoms with van der Waals surface area (Å²) in [6.45, 7) is 4.92. The van der Waals surface area contributed by atoms with Crippen molar-refractivity contribution in [3.63, 3.8) is 0 Å². The Morgan fingerprint density at radius 1 is 1.11 bits per heavy atom. The molecule has 148 valence electrons. The maximum atomic E-state index is 12.4. The van der Waals surface area contributed by atoms with Gasteiger partial charge in [-0.15, -0.1) is 0 Å². The number of rotatable bonds is 6. The molecule has 1 saturated heterocycles. The smallest absolute Gasteiger partial charge is 0.321 e. The third-order valence-corrected chi connectivity index (χ3v) is 4.98. The van der Waals surface area contributed by atoms with Crippen molar-refractivity contribution in [3.05, 3.63) is 65.7 Å². The summed E-state index contributed by atoms with van der Waals surface area (Å²) in [7, 11) is 0. The number of amides is 3. The van der Waals surface area contributed by atoms with Crippen LogP contribution in [0.15, 0.2) is 54.6 Å². The number of hydrogen-bond acceptors (Lipinski definition) is 3. The van der Waals surface area contributed by atoms with Crippen molar-refractivity contribution in [1.29, 1.82) is 0 Å². The van der Waals surface area contributed by atoms with Gasteiger partial charge in [-0.1, -0.05) is 37.3 Å². The highest BCUT2D eigenvalue weighted by Crippen LogP contribution is 2.12. The molecular weight excluding hydrogens is 352 g/mol. The van der Waals surface area contributed by atoms with Crippen molar-refractivity contribution in [3.8, 4) is 0 Å². The molecule has 1 fully saturated rings. The predicted octanol–water partition coefficient (Wildman–Crippen LogP) is 2.87. The quantitative estimate of drug-likeness (QED) is 0.721. The van der Waals surface area contributed by atoms with E-state index in [9.17, 15) is 9.59 Å². The van der Waals surface area contributed by atoms with Crippen LogP contribution in [0.4, 0.5) is 10.5 Å². The van der Waals surface area contributed by atoms with E-state index >= 15 is 0 Å². The summed E-state index contributed by atoms with van der Waals surface area (Å²) in [6, 6.07) is 17.3. The fraction of sp³-hybridized carbons (Fsp3) is 0.364. The minimum atomic E-state index is -0.110. The number of piperazine rings is 1.